The van der Waals surface area contributed by atoms with Crippen LogP contribution in [0.4, 0.5) is 5.82 Å². The summed E-state index contributed by atoms with van der Waals surface area (Å²) in [6.45, 7) is 1.95. The van der Waals surface area contributed by atoms with Gasteiger partial charge in [0.1, 0.15) is 5.69 Å². The summed E-state index contributed by atoms with van der Waals surface area (Å²) in [5.74, 6) is -0.756. The first-order chi connectivity index (χ1) is 11.0. The molecule has 1 aliphatic rings. The van der Waals surface area contributed by atoms with Gasteiger partial charge in [-0.1, -0.05) is 11.6 Å². The van der Waals surface area contributed by atoms with E-state index in [1.165, 1.54) is 6.42 Å². The molecule has 1 aliphatic heterocycles. The van der Waals surface area contributed by atoms with Crippen molar-refractivity contribution < 1.29 is 4.79 Å². The second-order valence-corrected chi connectivity index (χ2v) is 6.14. The van der Waals surface area contributed by atoms with Crippen LogP contribution in [0.5, 0.6) is 0 Å². The van der Waals surface area contributed by atoms with Crippen molar-refractivity contribution >= 4 is 23.3 Å². The predicted octanol–water partition coefficient (Wildman–Crippen LogP) is 1.37. The molecule has 1 fully saturated rings. The third-order valence-electron chi connectivity index (χ3n) is 4.26. The Morgan fingerprint density at radius 2 is 2.26 bits per heavy atom. The van der Waals surface area contributed by atoms with Crippen LogP contribution in [-0.2, 0) is 6.54 Å². The molecule has 3 heterocycles. The summed E-state index contributed by atoms with van der Waals surface area (Å²) in [5.41, 5.74) is 12.2. The lowest BCUT2D eigenvalue weighted by Crippen LogP contribution is -2.29. The fourth-order valence-corrected chi connectivity index (χ4v) is 3.22. The number of rotatable bonds is 4. The Hall–Kier alpha value is -2.12. The number of nitrogens with zero attached hydrogens (tertiary/aromatic N) is 4. The predicted molar refractivity (Wildman–Crippen MR) is 89.1 cm³/mol. The highest BCUT2D eigenvalue weighted by atomic mass is 35.5. The average molecular weight is 335 g/mol. The molecule has 0 aliphatic carbocycles. The van der Waals surface area contributed by atoms with Crippen LogP contribution in [0.15, 0.2) is 18.3 Å². The van der Waals surface area contributed by atoms with E-state index in [9.17, 15) is 4.79 Å². The van der Waals surface area contributed by atoms with Crippen molar-refractivity contribution in [3.63, 3.8) is 0 Å². The summed E-state index contributed by atoms with van der Waals surface area (Å²) < 4.78 is 2.09. The summed E-state index contributed by atoms with van der Waals surface area (Å²) in [7, 11) is 2.13. The number of hydrogen-bond acceptors (Lipinski definition) is 5. The molecule has 7 nitrogen and oxygen atoms in total. The van der Waals surface area contributed by atoms with Crippen LogP contribution in [0.3, 0.4) is 0 Å². The van der Waals surface area contributed by atoms with Gasteiger partial charge in [0, 0.05) is 18.8 Å². The first kappa shape index (κ1) is 15.8. The minimum Gasteiger partial charge on any atom is -0.382 e. The van der Waals surface area contributed by atoms with Crippen molar-refractivity contribution in [1.82, 2.24) is 19.4 Å². The van der Waals surface area contributed by atoms with Gasteiger partial charge in [0.25, 0.3) is 5.91 Å². The molecule has 0 spiro atoms. The fourth-order valence-electron chi connectivity index (χ4n) is 3.00. The zero-order valence-electron chi connectivity index (χ0n) is 12.9. The summed E-state index contributed by atoms with van der Waals surface area (Å²) in [6.07, 6.45) is 4.35. The molecule has 4 N–H and O–H groups in total. The quantitative estimate of drug-likeness (QED) is 0.879. The molecule has 1 atom stereocenters. The van der Waals surface area contributed by atoms with Crippen LogP contribution < -0.4 is 11.5 Å². The summed E-state index contributed by atoms with van der Waals surface area (Å²) in [5, 5.41) is 0.118. The van der Waals surface area contributed by atoms with Gasteiger partial charge in [-0.3, -0.25) is 4.79 Å². The van der Waals surface area contributed by atoms with Crippen LogP contribution in [0.25, 0.3) is 11.4 Å². The second kappa shape index (κ2) is 6.17. The highest BCUT2D eigenvalue weighted by Gasteiger charge is 2.23. The molecule has 23 heavy (non-hydrogen) atoms. The van der Waals surface area contributed by atoms with Crippen LogP contribution in [0.2, 0.25) is 5.15 Å². The minimum atomic E-state index is -0.744. The summed E-state index contributed by atoms with van der Waals surface area (Å²) in [6, 6.07) is 4.32. The van der Waals surface area contributed by atoms with Crippen LogP contribution in [0, 0.1) is 0 Å². The lowest BCUT2D eigenvalue weighted by Gasteiger charge is -2.21. The maximum absolute atomic E-state index is 11.3. The van der Waals surface area contributed by atoms with Gasteiger partial charge >= 0.3 is 0 Å². The van der Waals surface area contributed by atoms with E-state index in [0.717, 1.165) is 25.2 Å². The Kier molecular flexibility index (Phi) is 4.23. The van der Waals surface area contributed by atoms with E-state index < -0.39 is 5.91 Å². The summed E-state index contributed by atoms with van der Waals surface area (Å²) >= 11 is 6.19. The molecule has 2 aromatic rings. The molecular weight excluding hydrogens is 316 g/mol. The smallest absolute Gasteiger partial charge is 0.271 e. The van der Waals surface area contributed by atoms with Gasteiger partial charge in [-0.2, -0.15) is 0 Å². The number of amides is 1. The van der Waals surface area contributed by atoms with E-state index >= 15 is 0 Å². The van der Waals surface area contributed by atoms with Crippen molar-refractivity contribution in [2.75, 3.05) is 19.3 Å². The van der Waals surface area contributed by atoms with Crippen molar-refractivity contribution in [3.05, 3.63) is 29.2 Å². The van der Waals surface area contributed by atoms with E-state index in [-0.39, 0.29) is 16.7 Å². The highest BCUT2D eigenvalue weighted by molar-refractivity contribution is 6.32. The molecule has 8 heteroatoms. The van der Waals surface area contributed by atoms with Gasteiger partial charge in [0.2, 0.25) is 0 Å². The number of primary amides is 1. The number of carbonyl (C=O) groups is 1. The minimum absolute atomic E-state index is 0.0114. The van der Waals surface area contributed by atoms with E-state index in [2.05, 4.69) is 26.5 Å². The molecule has 2 aromatic heterocycles. The van der Waals surface area contributed by atoms with Crippen LogP contribution in [0.1, 0.15) is 23.3 Å². The number of hydrogen-bond donors (Lipinski definition) is 2. The molecule has 1 amide bonds. The largest absolute Gasteiger partial charge is 0.382 e. The van der Waals surface area contributed by atoms with Gasteiger partial charge in [-0.25, -0.2) is 9.97 Å². The molecule has 1 saturated heterocycles. The number of likely N-dealkylation sites (N-methyl/N-ethyl adjacent to an activating group) is 1. The normalized spacial score (nSPS) is 18.4. The van der Waals surface area contributed by atoms with E-state index in [1.54, 1.807) is 0 Å². The van der Waals surface area contributed by atoms with E-state index in [4.69, 9.17) is 23.1 Å². The zero-order chi connectivity index (χ0) is 16.6. The first-order valence-corrected chi connectivity index (χ1v) is 7.83. The van der Waals surface area contributed by atoms with Crippen LogP contribution >= 0.6 is 11.6 Å². The second-order valence-electron chi connectivity index (χ2n) is 5.78. The first-order valence-electron chi connectivity index (χ1n) is 7.46. The monoisotopic (exact) mass is 334 g/mol. The van der Waals surface area contributed by atoms with Crippen molar-refractivity contribution in [2.24, 2.45) is 5.73 Å². The number of nitrogens with two attached hydrogens (primary N) is 2. The standard InChI is InChI=1S/C15H19ClN6O/c1-21-6-2-4-9(21)8-22-7-3-5-10(22)11-13(16)19-12(15(18)23)14(17)20-11/h3,5,7,9H,2,4,6,8H2,1H3,(H2,17,20)(H2,18,23). The number of anilines is 1. The third-order valence-corrected chi connectivity index (χ3v) is 4.53. The Labute approximate surface area is 139 Å². The zero-order valence-corrected chi connectivity index (χ0v) is 13.6. The molecule has 0 radical (unpaired) electrons. The maximum atomic E-state index is 11.3. The van der Waals surface area contributed by atoms with E-state index in [1.807, 2.05) is 18.3 Å². The number of aromatic nitrogens is 3. The number of nitrogen functional groups attached to an aromatic ring is 1. The lowest BCUT2D eigenvalue weighted by atomic mass is 10.2. The van der Waals surface area contributed by atoms with Crippen molar-refractivity contribution in [3.8, 4) is 11.4 Å². The Balaban J connectivity index is 1.95. The number of likely N-dealkylation sites (tertiary alicyclic amines) is 1. The van der Waals surface area contributed by atoms with Gasteiger partial charge in [-0.05, 0) is 38.6 Å². The maximum Gasteiger partial charge on any atom is 0.271 e. The molecule has 122 valence electrons. The number of halogens is 1. The molecule has 0 saturated carbocycles. The molecule has 0 bridgehead atoms. The fraction of sp³-hybridized carbons (Fsp3) is 0.400. The van der Waals surface area contributed by atoms with Gasteiger partial charge in [-0.15, -0.1) is 0 Å². The average Bonchev–Trinajstić information content (AvgIpc) is 3.11. The SMILES string of the molecule is CN1CCCC1Cn1cccc1-c1nc(N)c(C(N)=O)nc1Cl. The molecular formula is C15H19ClN6O. The van der Waals surface area contributed by atoms with Crippen LogP contribution in [-0.4, -0.2) is 45.0 Å². The topological polar surface area (TPSA) is 103 Å². The van der Waals surface area contributed by atoms with Crippen molar-refractivity contribution in [2.45, 2.75) is 25.4 Å². The number of carbonyl (C=O) groups excluding carboxylic acids is 1. The highest BCUT2D eigenvalue weighted by Crippen LogP contribution is 2.28. The van der Waals surface area contributed by atoms with E-state index in [0.29, 0.717) is 11.7 Å². The lowest BCUT2D eigenvalue weighted by molar-refractivity contribution is 0.0996. The molecule has 1 unspecified atom stereocenters. The van der Waals surface area contributed by atoms with Crippen molar-refractivity contribution in [1.29, 1.82) is 0 Å². The Morgan fingerprint density at radius 1 is 1.48 bits per heavy atom. The summed E-state index contributed by atoms with van der Waals surface area (Å²) in [4.78, 5) is 21.9. The molecule has 0 aromatic carbocycles. The third kappa shape index (κ3) is 3.02. The van der Waals surface area contributed by atoms with Gasteiger partial charge < -0.3 is 20.9 Å². The van der Waals surface area contributed by atoms with Gasteiger partial charge in [0.05, 0.1) is 5.69 Å². The van der Waals surface area contributed by atoms with Gasteiger partial charge in [0.15, 0.2) is 16.7 Å². The molecule has 3 rings (SSSR count). The Morgan fingerprint density at radius 3 is 2.91 bits per heavy atom. The Bertz CT molecular complexity index is 744.